The van der Waals surface area contributed by atoms with Gasteiger partial charge < -0.3 is 5.11 Å². The summed E-state index contributed by atoms with van der Waals surface area (Å²) in [7, 11) is -1.89. The highest BCUT2D eigenvalue weighted by molar-refractivity contribution is 7.89. The number of rotatable bonds is 5. The van der Waals surface area contributed by atoms with Crippen LogP contribution in [0.25, 0.3) is 0 Å². The third kappa shape index (κ3) is 3.39. The van der Waals surface area contributed by atoms with Crippen LogP contribution in [0.4, 0.5) is 0 Å². The van der Waals surface area contributed by atoms with Crippen LogP contribution in [0.3, 0.4) is 0 Å². The molecule has 0 radical (unpaired) electrons. The van der Waals surface area contributed by atoms with E-state index in [1.165, 1.54) is 21.4 Å². The molecule has 1 heterocycles. The Labute approximate surface area is 120 Å². The number of nitrogens with zero attached hydrogens (tertiary/aromatic N) is 3. The molecule has 0 aliphatic heterocycles. The summed E-state index contributed by atoms with van der Waals surface area (Å²) in [6.07, 6.45) is 7.18. The van der Waals surface area contributed by atoms with E-state index in [2.05, 4.69) is 5.10 Å². The summed E-state index contributed by atoms with van der Waals surface area (Å²) in [5, 5.41) is 13.6. The molecule has 1 aliphatic carbocycles. The molecular formula is C13H23N3O3S. The van der Waals surface area contributed by atoms with Crippen molar-refractivity contribution in [3.05, 3.63) is 12.4 Å². The highest BCUT2D eigenvalue weighted by Crippen LogP contribution is 2.27. The minimum Gasteiger partial charge on any atom is -0.392 e. The molecule has 6 nitrogen and oxygen atoms in total. The van der Waals surface area contributed by atoms with Gasteiger partial charge in [-0.2, -0.15) is 9.40 Å². The van der Waals surface area contributed by atoms with Gasteiger partial charge in [-0.25, -0.2) is 8.42 Å². The van der Waals surface area contributed by atoms with Crippen molar-refractivity contribution in [3.8, 4) is 0 Å². The minimum absolute atomic E-state index is 0.0106. The molecule has 1 saturated carbocycles. The van der Waals surface area contributed by atoms with Crippen molar-refractivity contribution in [2.24, 2.45) is 7.05 Å². The van der Waals surface area contributed by atoms with Crippen molar-refractivity contribution in [2.45, 2.75) is 56.1 Å². The first-order chi connectivity index (χ1) is 9.41. The number of aliphatic hydroxyl groups excluding tert-OH is 1. The predicted octanol–water partition coefficient (Wildman–Crippen LogP) is 1.12. The first-order valence-corrected chi connectivity index (χ1v) is 8.54. The molecule has 1 aromatic rings. The van der Waals surface area contributed by atoms with Crippen LogP contribution in [0.5, 0.6) is 0 Å². The van der Waals surface area contributed by atoms with E-state index in [1.54, 1.807) is 14.0 Å². The summed E-state index contributed by atoms with van der Waals surface area (Å²) in [5.41, 5.74) is 0. The van der Waals surface area contributed by atoms with Crippen LogP contribution in [-0.2, 0) is 17.1 Å². The summed E-state index contributed by atoms with van der Waals surface area (Å²) in [5.74, 6) is 0. The number of aromatic nitrogens is 2. The smallest absolute Gasteiger partial charge is 0.246 e. The lowest BCUT2D eigenvalue weighted by Crippen LogP contribution is -2.44. The van der Waals surface area contributed by atoms with Crippen LogP contribution < -0.4 is 0 Å². The van der Waals surface area contributed by atoms with Gasteiger partial charge in [-0.15, -0.1) is 0 Å². The van der Waals surface area contributed by atoms with Gasteiger partial charge in [-0.1, -0.05) is 19.3 Å². The fourth-order valence-corrected chi connectivity index (χ4v) is 4.49. The molecule has 2 rings (SSSR count). The zero-order chi connectivity index (χ0) is 14.8. The molecular weight excluding hydrogens is 278 g/mol. The normalized spacial score (nSPS) is 19.4. The summed E-state index contributed by atoms with van der Waals surface area (Å²) < 4.78 is 28.4. The molecule has 114 valence electrons. The third-order valence-electron chi connectivity index (χ3n) is 3.71. The van der Waals surface area contributed by atoms with Gasteiger partial charge in [0.15, 0.2) is 0 Å². The minimum atomic E-state index is -3.58. The van der Waals surface area contributed by atoms with Crippen molar-refractivity contribution in [1.29, 1.82) is 0 Å². The Hall–Kier alpha value is -0.920. The van der Waals surface area contributed by atoms with Gasteiger partial charge in [0, 0.05) is 25.8 Å². The zero-order valence-corrected chi connectivity index (χ0v) is 12.9. The fourth-order valence-electron chi connectivity index (χ4n) is 2.74. The van der Waals surface area contributed by atoms with Crippen LogP contribution in [0.15, 0.2) is 17.3 Å². The van der Waals surface area contributed by atoms with Gasteiger partial charge in [0.1, 0.15) is 4.90 Å². The Morgan fingerprint density at radius 1 is 1.45 bits per heavy atom. The van der Waals surface area contributed by atoms with E-state index in [0.29, 0.717) is 0 Å². The summed E-state index contributed by atoms with van der Waals surface area (Å²) >= 11 is 0. The van der Waals surface area contributed by atoms with E-state index in [-0.39, 0.29) is 17.5 Å². The van der Waals surface area contributed by atoms with Crippen LogP contribution >= 0.6 is 0 Å². The maximum atomic E-state index is 12.7. The van der Waals surface area contributed by atoms with Crippen LogP contribution in [-0.4, -0.2) is 46.3 Å². The molecule has 1 fully saturated rings. The molecule has 1 aliphatic rings. The second-order valence-corrected chi connectivity index (χ2v) is 7.46. The fraction of sp³-hybridized carbons (Fsp3) is 0.769. The lowest BCUT2D eigenvalue weighted by molar-refractivity contribution is 0.136. The Morgan fingerprint density at radius 2 is 2.10 bits per heavy atom. The second-order valence-electron chi connectivity index (χ2n) is 5.57. The van der Waals surface area contributed by atoms with Gasteiger partial charge >= 0.3 is 0 Å². The van der Waals surface area contributed by atoms with Gasteiger partial charge in [0.2, 0.25) is 10.0 Å². The molecule has 20 heavy (non-hydrogen) atoms. The summed E-state index contributed by atoms with van der Waals surface area (Å²) in [6.45, 7) is 1.76. The maximum absolute atomic E-state index is 12.7. The van der Waals surface area contributed by atoms with Gasteiger partial charge in [-0.3, -0.25) is 4.68 Å². The van der Waals surface area contributed by atoms with E-state index in [0.717, 1.165) is 32.1 Å². The van der Waals surface area contributed by atoms with Crippen molar-refractivity contribution in [1.82, 2.24) is 14.1 Å². The van der Waals surface area contributed by atoms with E-state index < -0.39 is 16.1 Å². The molecule has 1 N–H and O–H groups in total. The van der Waals surface area contributed by atoms with Crippen molar-refractivity contribution in [3.63, 3.8) is 0 Å². The average Bonchev–Trinajstić information content (AvgIpc) is 2.84. The third-order valence-corrected chi connectivity index (χ3v) is 5.59. The lowest BCUT2D eigenvalue weighted by Gasteiger charge is -2.33. The van der Waals surface area contributed by atoms with E-state index in [4.69, 9.17) is 0 Å². The summed E-state index contributed by atoms with van der Waals surface area (Å²) in [6, 6.07) is -0.0106. The van der Waals surface area contributed by atoms with E-state index >= 15 is 0 Å². The first-order valence-electron chi connectivity index (χ1n) is 7.10. The molecule has 0 bridgehead atoms. The lowest BCUT2D eigenvalue weighted by atomic mass is 9.95. The zero-order valence-electron chi connectivity index (χ0n) is 12.1. The Kier molecular flexibility index (Phi) is 4.82. The predicted molar refractivity (Wildman–Crippen MR) is 75.7 cm³/mol. The summed E-state index contributed by atoms with van der Waals surface area (Å²) in [4.78, 5) is 0.200. The Balaban J connectivity index is 2.29. The van der Waals surface area contributed by atoms with Crippen molar-refractivity contribution < 1.29 is 13.5 Å². The Bertz CT molecular complexity index is 533. The second kappa shape index (κ2) is 6.24. The maximum Gasteiger partial charge on any atom is 0.246 e. The number of aliphatic hydroxyl groups is 1. The van der Waals surface area contributed by atoms with Gasteiger partial charge in [0.25, 0.3) is 0 Å². The SMILES string of the molecule is CC(O)CN(C1CCCCC1)S(=O)(=O)c1cnn(C)c1. The molecule has 1 unspecified atom stereocenters. The van der Waals surface area contributed by atoms with Gasteiger partial charge in [0.05, 0.1) is 12.3 Å². The number of aryl methyl sites for hydroxylation is 1. The number of hydrogen-bond acceptors (Lipinski definition) is 4. The molecule has 1 atom stereocenters. The van der Waals surface area contributed by atoms with E-state index in [9.17, 15) is 13.5 Å². The molecule has 0 amide bonds. The highest BCUT2D eigenvalue weighted by Gasteiger charge is 2.33. The topological polar surface area (TPSA) is 75.4 Å². The van der Waals surface area contributed by atoms with Gasteiger partial charge in [-0.05, 0) is 19.8 Å². The van der Waals surface area contributed by atoms with Crippen molar-refractivity contribution in [2.75, 3.05) is 6.54 Å². The quantitative estimate of drug-likeness (QED) is 0.884. The molecule has 0 spiro atoms. The molecule has 1 aromatic heterocycles. The average molecular weight is 301 g/mol. The van der Waals surface area contributed by atoms with Crippen LogP contribution in [0, 0.1) is 0 Å². The monoisotopic (exact) mass is 301 g/mol. The molecule has 7 heteroatoms. The van der Waals surface area contributed by atoms with Crippen LogP contribution in [0.1, 0.15) is 39.0 Å². The van der Waals surface area contributed by atoms with Crippen molar-refractivity contribution >= 4 is 10.0 Å². The van der Waals surface area contributed by atoms with Crippen LogP contribution in [0.2, 0.25) is 0 Å². The van der Waals surface area contributed by atoms with E-state index in [1.807, 2.05) is 0 Å². The highest BCUT2D eigenvalue weighted by atomic mass is 32.2. The molecule has 0 aromatic carbocycles. The number of hydrogen-bond donors (Lipinski definition) is 1. The first kappa shape index (κ1) is 15.5. The number of sulfonamides is 1. The largest absolute Gasteiger partial charge is 0.392 e. The standard InChI is InChI=1S/C13H23N3O3S/c1-11(17)9-16(12-6-4-3-5-7-12)20(18,19)13-8-14-15(2)10-13/h8,10-12,17H,3-7,9H2,1-2H3. The molecule has 0 saturated heterocycles. The Morgan fingerprint density at radius 3 is 2.60 bits per heavy atom.